The summed E-state index contributed by atoms with van der Waals surface area (Å²) in [6.45, 7) is 0.414. The smallest absolute Gasteiger partial charge is 0.207 e. The lowest BCUT2D eigenvalue weighted by atomic mass is 9.93. The molecule has 4 rings (SSSR count). The minimum absolute atomic E-state index is 0.281. The standard InChI is InChI=1S/C17H14BrN3O2S2/c18-13-5-7-14(8-6-13)25(22,23)21-10-9-12-3-1-2-4-15(12)17(21)16-11-19-24-20-16/h1-8,11,17H,9-10H2. The first-order chi connectivity index (χ1) is 12.1. The van der Waals surface area contributed by atoms with E-state index in [4.69, 9.17) is 0 Å². The van der Waals surface area contributed by atoms with Gasteiger partial charge in [-0.1, -0.05) is 40.2 Å². The van der Waals surface area contributed by atoms with Crippen LogP contribution in [0, 0.1) is 0 Å². The second kappa shape index (κ2) is 6.60. The number of hydrogen-bond donors (Lipinski definition) is 0. The number of halogens is 1. The van der Waals surface area contributed by atoms with Crippen LogP contribution in [0.2, 0.25) is 0 Å². The van der Waals surface area contributed by atoms with Gasteiger partial charge in [0.15, 0.2) is 0 Å². The molecular formula is C17H14BrN3O2S2. The number of hydrogen-bond acceptors (Lipinski definition) is 5. The highest BCUT2D eigenvalue weighted by Crippen LogP contribution is 2.38. The highest BCUT2D eigenvalue weighted by molar-refractivity contribution is 9.10. The van der Waals surface area contributed by atoms with E-state index in [9.17, 15) is 8.42 Å². The maximum atomic E-state index is 13.3. The molecule has 0 saturated carbocycles. The summed E-state index contributed by atoms with van der Waals surface area (Å²) >= 11 is 4.44. The van der Waals surface area contributed by atoms with Crippen LogP contribution >= 0.6 is 27.7 Å². The normalized spacial score (nSPS) is 18.0. The van der Waals surface area contributed by atoms with Crippen molar-refractivity contribution in [2.24, 2.45) is 0 Å². The van der Waals surface area contributed by atoms with Gasteiger partial charge in [0, 0.05) is 11.0 Å². The third-order valence-electron chi connectivity index (χ3n) is 4.32. The van der Waals surface area contributed by atoms with Gasteiger partial charge < -0.3 is 0 Å². The summed E-state index contributed by atoms with van der Waals surface area (Å²) in [5.74, 6) is 0. The van der Waals surface area contributed by atoms with Gasteiger partial charge in [-0.3, -0.25) is 0 Å². The lowest BCUT2D eigenvalue weighted by Gasteiger charge is -2.35. The van der Waals surface area contributed by atoms with Gasteiger partial charge in [-0.15, -0.1) is 0 Å². The fraction of sp³-hybridized carbons (Fsp3) is 0.176. The fourth-order valence-electron chi connectivity index (χ4n) is 3.14. The van der Waals surface area contributed by atoms with E-state index in [0.717, 1.165) is 27.3 Å². The molecule has 2 aromatic carbocycles. The van der Waals surface area contributed by atoms with Gasteiger partial charge in [0.25, 0.3) is 0 Å². The molecule has 0 aliphatic carbocycles. The van der Waals surface area contributed by atoms with Gasteiger partial charge in [-0.2, -0.15) is 13.1 Å². The first kappa shape index (κ1) is 16.8. The Labute approximate surface area is 158 Å². The Morgan fingerprint density at radius 1 is 1.12 bits per heavy atom. The minimum atomic E-state index is -3.65. The number of fused-ring (bicyclic) bond motifs is 1. The van der Waals surface area contributed by atoms with Crippen molar-refractivity contribution >= 4 is 37.7 Å². The van der Waals surface area contributed by atoms with Crippen molar-refractivity contribution in [2.45, 2.75) is 17.4 Å². The molecule has 5 nitrogen and oxygen atoms in total. The van der Waals surface area contributed by atoms with E-state index in [1.54, 1.807) is 30.5 Å². The maximum absolute atomic E-state index is 13.3. The van der Waals surface area contributed by atoms with Crippen LogP contribution in [0.4, 0.5) is 0 Å². The van der Waals surface area contributed by atoms with Crippen LogP contribution in [0.5, 0.6) is 0 Å². The van der Waals surface area contributed by atoms with Crippen LogP contribution in [-0.4, -0.2) is 28.0 Å². The summed E-state index contributed by atoms with van der Waals surface area (Å²) in [7, 11) is -3.65. The molecule has 1 atom stereocenters. The van der Waals surface area contributed by atoms with Gasteiger partial charge in [-0.25, -0.2) is 8.42 Å². The summed E-state index contributed by atoms with van der Waals surface area (Å²) in [6, 6.07) is 14.2. The monoisotopic (exact) mass is 435 g/mol. The van der Waals surface area contributed by atoms with Gasteiger partial charge >= 0.3 is 0 Å². The van der Waals surface area contributed by atoms with Crippen molar-refractivity contribution in [2.75, 3.05) is 6.54 Å². The number of aromatic nitrogens is 2. The molecule has 1 aromatic heterocycles. The molecule has 0 bridgehead atoms. The molecule has 0 fully saturated rings. The van der Waals surface area contributed by atoms with E-state index in [0.29, 0.717) is 18.7 Å². The number of benzene rings is 2. The number of nitrogens with zero attached hydrogens (tertiary/aromatic N) is 3. The molecule has 1 aliphatic rings. The Bertz CT molecular complexity index is 989. The zero-order valence-corrected chi connectivity index (χ0v) is 16.3. The largest absolute Gasteiger partial charge is 0.244 e. The summed E-state index contributed by atoms with van der Waals surface area (Å²) in [6.07, 6.45) is 2.33. The fourth-order valence-corrected chi connectivity index (χ4v) is 5.43. The molecule has 0 saturated heterocycles. The highest BCUT2D eigenvalue weighted by Gasteiger charge is 2.38. The van der Waals surface area contributed by atoms with Crippen molar-refractivity contribution < 1.29 is 8.42 Å². The second-order valence-electron chi connectivity index (χ2n) is 5.75. The third kappa shape index (κ3) is 3.03. The summed E-state index contributed by atoms with van der Waals surface area (Å²) < 4.78 is 37.3. The maximum Gasteiger partial charge on any atom is 0.244 e. The van der Waals surface area contributed by atoms with E-state index in [2.05, 4.69) is 24.7 Å². The van der Waals surface area contributed by atoms with Crippen LogP contribution in [0.1, 0.15) is 22.9 Å². The minimum Gasteiger partial charge on any atom is -0.207 e. The van der Waals surface area contributed by atoms with E-state index in [-0.39, 0.29) is 4.90 Å². The van der Waals surface area contributed by atoms with Crippen LogP contribution in [0.25, 0.3) is 0 Å². The van der Waals surface area contributed by atoms with Gasteiger partial charge in [0.1, 0.15) is 0 Å². The molecule has 0 radical (unpaired) electrons. The first-order valence-corrected chi connectivity index (χ1v) is 10.7. The van der Waals surface area contributed by atoms with Crippen molar-refractivity contribution in [1.82, 2.24) is 13.1 Å². The lowest BCUT2D eigenvalue weighted by Crippen LogP contribution is -2.40. The lowest BCUT2D eigenvalue weighted by molar-refractivity contribution is 0.340. The molecule has 8 heteroatoms. The predicted molar refractivity (Wildman–Crippen MR) is 99.9 cm³/mol. The predicted octanol–water partition coefficient (Wildman–Crippen LogP) is 3.64. The second-order valence-corrected chi connectivity index (χ2v) is 9.12. The Morgan fingerprint density at radius 3 is 2.60 bits per heavy atom. The number of rotatable bonds is 3. The summed E-state index contributed by atoms with van der Waals surface area (Å²) in [4.78, 5) is 0.281. The summed E-state index contributed by atoms with van der Waals surface area (Å²) in [5.41, 5.74) is 2.79. The van der Waals surface area contributed by atoms with Crippen LogP contribution in [-0.2, 0) is 16.4 Å². The van der Waals surface area contributed by atoms with Crippen LogP contribution < -0.4 is 0 Å². The van der Waals surface area contributed by atoms with Crippen molar-refractivity contribution in [1.29, 1.82) is 0 Å². The topological polar surface area (TPSA) is 63.2 Å². The van der Waals surface area contributed by atoms with Crippen molar-refractivity contribution in [3.8, 4) is 0 Å². The van der Waals surface area contributed by atoms with Crippen LogP contribution in [0.3, 0.4) is 0 Å². The summed E-state index contributed by atoms with van der Waals surface area (Å²) in [5, 5.41) is 0. The Morgan fingerprint density at radius 2 is 1.88 bits per heavy atom. The first-order valence-electron chi connectivity index (χ1n) is 7.70. The molecule has 3 aromatic rings. The quantitative estimate of drug-likeness (QED) is 0.629. The molecule has 0 spiro atoms. The molecular weight excluding hydrogens is 422 g/mol. The zero-order chi connectivity index (χ0) is 17.4. The van der Waals surface area contributed by atoms with E-state index in [1.165, 1.54) is 4.31 Å². The third-order valence-corrected chi connectivity index (χ3v) is 7.22. The van der Waals surface area contributed by atoms with E-state index >= 15 is 0 Å². The highest BCUT2D eigenvalue weighted by atomic mass is 79.9. The molecule has 1 unspecified atom stereocenters. The van der Waals surface area contributed by atoms with Gasteiger partial charge in [0.2, 0.25) is 10.0 Å². The zero-order valence-electron chi connectivity index (χ0n) is 13.0. The van der Waals surface area contributed by atoms with Crippen LogP contribution in [0.15, 0.2) is 64.1 Å². The Kier molecular flexibility index (Phi) is 4.45. The molecule has 128 valence electrons. The van der Waals surface area contributed by atoms with Gasteiger partial charge in [0.05, 0.1) is 34.6 Å². The molecule has 25 heavy (non-hydrogen) atoms. The van der Waals surface area contributed by atoms with E-state index in [1.807, 2.05) is 24.3 Å². The van der Waals surface area contributed by atoms with E-state index < -0.39 is 16.1 Å². The molecule has 0 N–H and O–H groups in total. The SMILES string of the molecule is O=S(=O)(c1ccc(Br)cc1)N1CCc2ccccc2C1c1cnsn1. The molecule has 2 heterocycles. The average Bonchev–Trinajstić information content (AvgIpc) is 3.15. The molecule has 1 aliphatic heterocycles. The Balaban J connectivity index is 1.84. The Hall–Kier alpha value is -1.61. The van der Waals surface area contributed by atoms with Gasteiger partial charge in [-0.05, 0) is 41.8 Å². The van der Waals surface area contributed by atoms with Crippen molar-refractivity contribution in [3.63, 3.8) is 0 Å². The molecule has 0 amide bonds. The average molecular weight is 436 g/mol. The number of sulfonamides is 1. The van der Waals surface area contributed by atoms with Crippen molar-refractivity contribution in [3.05, 3.63) is 76.0 Å².